The van der Waals surface area contributed by atoms with E-state index < -0.39 is 18.0 Å². The molecular formula is C34H64N2O9. The topological polar surface area (TPSA) is 168 Å². The first-order chi connectivity index (χ1) is 21.6. The third-order valence-electron chi connectivity index (χ3n) is 7.10. The van der Waals surface area contributed by atoms with Gasteiger partial charge in [0.1, 0.15) is 12.6 Å². The Bertz CT molecular complexity index is 762. The number of carboxylic acids is 2. The molecule has 0 aromatic heterocycles. The second kappa shape index (κ2) is 34.3. The highest BCUT2D eigenvalue weighted by Gasteiger charge is 2.20. The Morgan fingerprint density at radius 2 is 1.11 bits per heavy atom. The fourth-order valence-corrected chi connectivity index (χ4v) is 4.44. The number of carbonyl (C=O) groups excluding carboxylic acids is 3. The van der Waals surface area contributed by atoms with Crippen molar-refractivity contribution in [3.05, 3.63) is 0 Å². The van der Waals surface area contributed by atoms with Crippen LogP contribution < -0.4 is 10.6 Å². The third-order valence-corrected chi connectivity index (χ3v) is 7.10. The number of ketones is 1. The standard InChI is InChI=1S/C19H38O2.C15H26N2O7/c1-2-3-4-5-6-7-8-9-10-11-12-13-14-15-16-17-18-19(20)21;1-3-13(19)17-12(15(21)22)4-5-14(20)16-6-7-23-8-9-24-10-11(2)18/h2-18H2,1H3,(H,20,21);12H,3-10H2,1-2H3,(H,16,20)(H,17,19)(H,21,22)/t;12-/m.0/s1. The van der Waals surface area contributed by atoms with Gasteiger partial charge in [0.25, 0.3) is 0 Å². The molecule has 0 aliphatic carbocycles. The molecule has 0 radical (unpaired) electrons. The SMILES string of the molecule is CCC(=O)N[C@@H](CCC(=O)NCCOCCOCC(C)=O)C(=O)O.CCCCCCCCCCCCCCCCCCC(=O)O. The summed E-state index contributed by atoms with van der Waals surface area (Å²) in [7, 11) is 0. The minimum absolute atomic E-state index is 0.0112. The Balaban J connectivity index is 0. The fourth-order valence-electron chi connectivity index (χ4n) is 4.44. The third kappa shape index (κ3) is 37.6. The quantitative estimate of drug-likeness (QED) is 0.0642. The second-order valence-corrected chi connectivity index (χ2v) is 11.5. The van der Waals surface area contributed by atoms with Crippen molar-refractivity contribution in [1.82, 2.24) is 10.6 Å². The van der Waals surface area contributed by atoms with Crippen LogP contribution in [-0.4, -0.2) is 78.8 Å². The molecule has 0 aromatic carbocycles. The molecule has 0 aliphatic rings. The molecule has 0 rings (SSSR count). The first kappa shape index (κ1) is 44.6. The lowest BCUT2D eigenvalue weighted by molar-refractivity contribution is -0.142. The van der Waals surface area contributed by atoms with E-state index in [4.69, 9.17) is 19.7 Å². The van der Waals surface area contributed by atoms with Gasteiger partial charge in [-0.25, -0.2) is 4.79 Å². The van der Waals surface area contributed by atoms with E-state index in [9.17, 15) is 24.0 Å². The molecule has 0 aliphatic heterocycles. The average Bonchev–Trinajstić information content (AvgIpc) is 3.00. The number of aliphatic carboxylic acids is 2. The minimum atomic E-state index is -1.17. The summed E-state index contributed by atoms with van der Waals surface area (Å²) in [6.45, 7) is 6.55. The van der Waals surface area contributed by atoms with Crippen LogP contribution in [0, 0.1) is 0 Å². The summed E-state index contributed by atoms with van der Waals surface area (Å²) in [5, 5.41) is 22.4. The predicted octanol–water partition coefficient (Wildman–Crippen LogP) is 6.21. The van der Waals surface area contributed by atoms with Gasteiger partial charge >= 0.3 is 11.9 Å². The summed E-state index contributed by atoms with van der Waals surface area (Å²) in [6, 6.07) is -1.07. The Hall–Kier alpha value is -2.53. The number of carbonyl (C=O) groups is 5. The van der Waals surface area contributed by atoms with E-state index in [1.54, 1.807) is 6.92 Å². The van der Waals surface area contributed by atoms with E-state index in [2.05, 4.69) is 17.6 Å². The summed E-state index contributed by atoms with van der Waals surface area (Å²) in [5.41, 5.74) is 0. The highest BCUT2D eigenvalue weighted by molar-refractivity contribution is 5.84. The van der Waals surface area contributed by atoms with Crippen LogP contribution in [0.25, 0.3) is 0 Å². The summed E-state index contributed by atoms with van der Waals surface area (Å²) in [6.07, 6.45) is 21.9. The van der Waals surface area contributed by atoms with Gasteiger partial charge in [-0.1, -0.05) is 110 Å². The Morgan fingerprint density at radius 1 is 0.622 bits per heavy atom. The average molecular weight is 645 g/mol. The zero-order valence-corrected chi connectivity index (χ0v) is 28.5. The molecule has 45 heavy (non-hydrogen) atoms. The predicted molar refractivity (Wildman–Crippen MR) is 176 cm³/mol. The molecule has 0 saturated carbocycles. The maximum Gasteiger partial charge on any atom is 0.326 e. The molecular weight excluding hydrogens is 580 g/mol. The highest BCUT2D eigenvalue weighted by atomic mass is 16.5. The van der Waals surface area contributed by atoms with Crippen LogP contribution in [0.5, 0.6) is 0 Å². The number of hydrogen-bond acceptors (Lipinski definition) is 7. The summed E-state index contributed by atoms with van der Waals surface area (Å²) >= 11 is 0. The number of rotatable bonds is 31. The van der Waals surface area contributed by atoms with Crippen molar-refractivity contribution in [3.8, 4) is 0 Å². The number of Topliss-reactive ketones (excluding diaryl/α,β-unsaturated/α-hetero) is 1. The van der Waals surface area contributed by atoms with Crippen molar-refractivity contribution >= 4 is 29.5 Å². The van der Waals surface area contributed by atoms with Crippen LogP contribution >= 0.6 is 0 Å². The van der Waals surface area contributed by atoms with Crippen LogP contribution in [0.3, 0.4) is 0 Å². The van der Waals surface area contributed by atoms with Gasteiger partial charge in [0, 0.05) is 25.8 Å². The zero-order valence-electron chi connectivity index (χ0n) is 28.5. The number of hydrogen-bond donors (Lipinski definition) is 4. The van der Waals surface area contributed by atoms with Gasteiger partial charge in [-0.3, -0.25) is 19.2 Å². The number of nitrogens with one attached hydrogen (secondary N) is 2. The summed E-state index contributed by atoms with van der Waals surface area (Å²) in [4.78, 5) is 54.8. The Morgan fingerprint density at radius 3 is 1.56 bits per heavy atom. The molecule has 11 nitrogen and oxygen atoms in total. The molecule has 264 valence electrons. The Labute approximate surface area is 272 Å². The lowest BCUT2D eigenvalue weighted by Crippen LogP contribution is -2.41. The number of carboxylic acid groups (broad SMARTS) is 2. The van der Waals surface area contributed by atoms with Crippen molar-refractivity contribution in [1.29, 1.82) is 0 Å². The van der Waals surface area contributed by atoms with Crippen molar-refractivity contribution in [2.45, 2.75) is 155 Å². The monoisotopic (exact) mass is 644 g/mol. The van der Waals surface area contributed by atoms with Crippen LogP contribution in [0.15, 0.2) is 0 Å². The molecule has 0 heterocycles. The summed E-state index contributed by atoms with van der Waals surface area (Å²) < 4.78 is 10.2. The molecule has 1 atom stereocenters. The van der Waals surface area contributed by atoms with E-state index in [1.807, 2.05) is 0 Å². The molecule has 4 N–H and O–H groups in total. The van der Waals surface area contributed by atoms with Crippen LogP contribution in [-0.2, 0) is 33.4 Å². The lowest BCUT2D eigenvalue weighted by Gasteiger charge is -2.13. The van der Waals surface area contributed by atoms with Gasteiger partial charge in [-0.2, -0.15) is 0 Å². The van der Waals surface area contributed by atoms with Crippen molar-refractivity contribution in [3.63, 3.8) is 0 Å². The second-order valence-electron chi connectivity index (χ2n) is 11.5. The van der Waals surface area contributed by atoms with Gasteiger partial charge in [-0.15, -0.1) is 0 Å². The smallest absolute Gasteiger partial charge is 0.326 e. The van der Waals surface area contributed by atoms with Crippen molar-refractivity contribution < 1.29 is 43.7 Å². The minimum Gasteiger partial charge on any atom is -0.481 e. The maximum atomic E-state index is 11.6. The molecule has 0 spiro atoms. The number of amides is 2. The molecule has 0 saturated heterocycles. The van der Waals surface area contributed by atoms with Crippen LogP contribution in [0.1, 0.15) is 149 Å². The summed E-state index contributed by atoms with van der Waals surface area (Å²) in [5.74, 6) is -2.57. The van der Waals surface area contributed by atoms with Gasteiger partial charge in [0.15, 0.2) is 5.78 Å². The van der Waals surface area contributed by atoms with Crippen molar-refractivity contribution in [2.75, 3.05) is 33.0 Å². The molecule has 0 fully saturated rings. The van der Waals surface area contributed by atoms with E-state index in [-0.39, 0.29) is 56.6 Å². The van der Waals surface area contributed by atoms with E-state index in [0.29, 0.717) is 19.6 Å². The molecule has 0 aromatic rings. The number of ether oxygens (including phenoxy) is 2. The first-order valence-electron chi connectivity index (χ1n) is 17.3. The molecule has 11 heteroatoms. The van der Waals surface area contributed by atoms with Crippen LogP contribution in [0.4, 0.5) is 0 Å². The van der Waals surface area contributed by atoms with Gasteiger partial charge in [0.05, 0.1) is 19.8 Å². The molecule has 2 amide bonds. The van der Waals surface area contributed by atoms with Gasteiger partial charge < -0.3 is 30.3 Å². The van der Waals surface area contributed by atoms with Crippen molar-refractivity contribution in [2.24, 2.45) is 0 Å². The lowest BCUT2D eigenvalue weighted by atomic mass is 10.0. The van der Waals surface area contributed by atoms with E-state index >= 15 is 0 Å². The molecule has 0 bridgehead atoms. The largest absolute Gasteiger partial charge is 0.481 e. The van der Waals surface area contributed by atoms with E-state index in [1.165, 1.54) is 96.8 Å². The number of unbranched alkanes of at least 4 members (excludes halogenated alkanes) is 15. The zero-order chi connectivity index (χ0) is 34.0. The first-order valence-corrected chi connectivity index (χ1v) is 17.3. The van der Waals surface area contributed by atoms with Crippen LogP contribution in [0.2, 0.25) is 0 Å². The van der Waals surface area contributed by atoms with Gasteiger partial charge in [0.2, 0.25) is 11.8 Å². The normalized spacial score (nSPS) is 11.3. The highest BCUT2D eigenvalue weighted by Crippen LogP contribution is 2.14. The maximum absolute atomic E-state index is 11.6. The molecule has 0 unspecified atom stereocenters. The fraction of sp³-hybridized carbons (Fsp3) is 0.853. The Kier molecular flexibility index (Phi) is 34.0. The van der Waals surface area contributed by atoms with Gasteiger partial charge in [-0.05, 0) is 19.8 Å². The van der Waals surface area contributed by atoms with E-state index in [0.717, 1.165) is 12.8 Å².